The smallest absolute Gasteiger partial charge is 0.238 e. The second-order valence-electron chi connectivity index (χ2n) is 5.22. The number of aryl methyl sites for hydroxylation is 1. The van der Waals surface area contributed by atoms with Gasteiger partial charge in [-0.15, -0.1) is 0 Å². The first kappa shape index (κ1) is 15.3. The molecule has 1 aliphatic rings. The summed E-state index contributed by atoms with van der Waals surface area (Å²) in [6.45, 7) is 0. The molecule has 6 nitrogen and oxygen atoms in total. The van der Waals surface area contributed by atoms with Crippen LogP contribution in [0.1, 0.15) is 24.8 Å². The predicted octanol–water partition coefficient (Wildman–Crippen LogP) is 1.05. The average molecular weight is 318 g/mol. The monoisotopic (exact) mass is 318 g/mol. The molecule has 112 valence electrons. The number of rotatable bonds is 6. The van der Waals surface area contributed by atoms with Gasteiger partial charge in [-0.1, -0.05) is 12.8 Å². The molecule has 3 N–H and O–H groups in total. The number of nitrogens with one attached hydrogen (secondary N) is 1. The van der Waals surface area contributed by atoms with Crippen LogP contribution < -0.4 is 9.86 Å². The van der Waals surface area contributed by atoms with E-state index in [0.717, 1.165) is 12.7 Å². The molecule has 0 bridgehead atoms. The Morgan fingerprint density at radius 1 is 1.25 bits per heavy atom. The highest BCUT2D eigenvalue weighted by Crippen LogP contribution is 2.34. The van der Waals surface area contributed by atoms with Crippen LogP contribution in [0.3, 0.4) is 0 Å². The van der Waals surface area contributed by atoms with Crippen LogP contribution in [0.2, 0.25) is 0 Å². The third-order valence-corrected chi connectivity index (χ3v) is 4.81. The highest BCUT2D eigenvalue weighted by molar-refractivity contribution is 7.92. The maximum absolute atomic E-state index is 11.5. The molecule has 20 heavy (non-hydrogen) atoms. The van der Waals surface area contributed by atoms with Crippen LogP contribution in [0.4, 0.5) is 5.69 Å². The Kier molecular flexibility index (Phi) is 4.08. The first-order valence-corrected chi connectivity index (χ1v) is 9.72. The summed E-state index contributed by atoms with van der Waals surface area (Å²) in [5.74, 6) is 0.648. The lowest BCUT2D eigenvalue weighted by atomic mass is 10.1. The number of benzene rings is 1. The van der Waals surface area contributed by atoms with Crippen molar-refractivity contribution in [3.05, 3.63) is 23.8 Å². The summed E-state index contributed by atoms with van der Waals surface area (Å²) >= 11 is 0. The molecule has 1 aromatic carbocycles. The van der Waals surface area contributed by atoms with E-state index in [2.05, 4.69) is 4.72 Å². The molecule has 0 aliphatic heterocycles. The molecular formula is C12H18N2O4S2. The fourth-order valence-electron chi connectivity index (χ4n) is 2.10. The fraction of sp³-hybridized carbons (Fsp3) is 0.500. The summed E-state index contributed by atoms with van der Waals surface area (Å²) in [4.78, 5) is 0.0669. The molecule has 1 aliphatic carbocycles. The molecule has 8 heteroatoms. The van der Waals surface area contributed by atoms with Crippen molar-refractivity contribution in [1.82, 2.24) is 0 Å². The second-order valence-corrected chi connectivity index (χ2v) is 8.50. The Morgan fingerprint density at radius 2 is 1.90 bits per heavy atom. The summed E-state index contributed by atoms with van der Waals surface area (Å²) in [5, 5.41) is 5.19. The van der Waals surface area contributed by atoms with Crippen LogP contribution in [-0.2, 0) is 26.5 Å². The minimum absolute atomic E-state index is 0.0669. The molecule has 0 radical (unpaired) electrons. The lowest BCUT2D eigenvalue weighted by molar-refractivity contribution is 0.595. The van der Waals surface area contributed by atoms with Gasteiger partial charge < -0.3 is 0 Å². The SMILES string of the molecule is CS(=O)(=O)Nc1ccc(S(N)(=O)=O)c(CCC2CC2)c1. The molecule has 2 rings (SSSR count). The van der Waals surface area contributed by atoms with E-state index in [9.17, 15) is 16.8 Å². The van der Waals surface area contributed by atoms with Gasteiger partial charge in [0.05, 0.1) is 11.2 Å². The molecule has 0 heterocycles. The third kappa shape index (κ3) is 4.46. The molecule has 1 saturated carbocycles. The van der Waals surface area contributed by atoms with Crippen LogP contribution in [0, 0.1) is 5.92 Å². The van der Waals surface area contributed by atoms with Gasteiger partial charge in [0.25, 0.3) is 0 Å². The van der Waals surface area contributed by atoms with Gasteiger partial charge in [0.15, 0.2) is 0 Å². The third-order valence-electron chi connectivity index (χ3n) is 3.19. The normalized spacial score (nSPS) is 16.1. The molecule has 0 saturated heterocycles. The van der Waals surface area contributed by atoms with Gasteiger partial charge in [-0.05, 0) is 42.5 Å². The van der Waals surface area contributed by atoms with Crippen molar-refractivity contribution in [2.24, 2.45) is 11.1 Å². The number of nitrogens with two attached hydrogens (primary N) is 1. The van der Waals surface area contributed by atoms with Gasteiger partial charge in [-0.25, -0.2) is 22.0 Å². The average Bonchev–Trinajstić information content (AvgIpc) is 3.06. The lowest BCUT2D eigenvalue weighted by Crippen LogP contribution is -2.16. The summed E-state index contributed by atoms with van der Waals surface area (Å²) < 4.78 is 47.9. The van der Waals surface area contributed by atoms with Crippen LogP contribution in [0.15, 0.2) is 23.1 Å². The molecule has 0 amide bonds. The Bertz CT molecular complexity index is 707. The van der Waals surface area contributed by atoms with E-state index < -0.39 is 20.0 Å². The van der Waals surface area contributed by atoms with Gasteiger partial charge in [-0.2, -0.15) is 0 Å². The zero-order valence-electron chi connectivity index (χ0n) is 11.2. The molecule has 0 spiro atoms. The van der Waals surface area contributed by atoms with Crippen molar-refractivity contribution in [2.75, 3.05) is 11.0 Å². The van der Waals surface area contributed by atoms with Crippen molar-refractivity contribution in [3.8, 4) is 0 Å². The highest BCUT2D eigenvalue weighted by atomic mass is 32.2. The van der Waals surface area contributed by atoms with E-state index >= 15 is 0 Å². The molecule has 1 aromatic rings. The zero-order chi connectivity index (χ0) is 15.0. The fourth-order valence-corrected chi connectivity index (χ4v) is 3.44. The number of anilines is 1. The van der Waals surface area contributed by atoms with Crippen LogP contribution in [0.25, 0.3) is 0 Å². The maximum Gasteiger partial charge on any atom is 0.238 e. The number of hydrogen-bond acceptors (Lipinski definition) is 4. The largest absolute Gasteiger partial charge is 0.284 e. The summed E-state index contributed by atoms with van der Waals surface area (Å²) in [6, 6.07) is 4.30. The summed E-state index contributed by atoms with van der Waals surface area (Å²) in [6.07, 6.45) is 4.86. The first-order valence-electron chi connectivity index (χ1n) is 6.29. The highest BCUT2D eigenvalue weighted by Gasteiger charge is 2.22. The van der Waals surface area contributed by atoms with Gasteiger partial charge in [0, 0.05) is 5.69 Å². The maximum atomic E-state index is 11.5. The van der Waals surface area contributed by atoms with E-state index in [-0.39, 0.29) is 4.90 Å². The molecular weight excluding hydrogens is 300 g/mol. The van der Waals surface area contributed by atoms with E-state index in [1.807, 2.05) is 0 Å². The lowest BCUT2D eigenvalue weighted by Gasteiger charge is -2.11. The zero-order valence-corrected chi connectivity index (χ0v) is 12.8. The molecule has 0 aromatic heterocycles. The topological polar surface area (TPSA) is 106 Å². The Balaban J connectivity index is 2.32. The number of hydrogen-bond donors (Lipinski definition) is 2. The van der Waals surface area contributed by atoms with Crippen LogP contribution in [0.5, 0.6) is 0 Å². The second kappa shape index (κ2) is 5.34. The minimum Gasteiger partial charge on any atom is -0.284 e. The standard InChI is InChI=1S/C12H18N2O4S2/c1-19(15,16)14-11-6-7-12(20(13,17)18)10(8-11)5-4-9-2-3-9/h6-9,14H,2-5H2,1H3,(H2,13,17,18). The van der Waals surface area contributed by atoms with Gasteiger partial charge in [0.1, 0.15) is 0 Å². The van der Waals surface area contributed by atoms with Crippen molar-refractivity contribution >= 4 is 25.7 Å². The van der Waals surface area contributed by atoms with E-state index in [1.54, 1.807) is 6.07 Å². The minimum atomic E-state index is -3.80. The summed E-state index contributed by atoms with van der Waals surface area (Å²) in [7, 11) is -7.19. The van der Waals surface area contributed by atoms with Gasteiger partial charge in [0.2, 0.25) is 20.0 Å². The number of sulfonamides is 2. The Labute approximate surface area is 119 Å². The van der Waals surface area contributed by atoms with Crippen molar-refractivity contribution in [1.29, 1.82) is 0 Å². The van der Waals surface area contributed by atoms with Gasteiger partial charge in [-0.3, -0.25) is 4.72 Å². The molecule has 0 unspecified atom stereocenters. The van der Waals surface area contributed by atoms with E-state index in [0.29, 0.717) is 23.6 Å². The number of primary sulfonamides is 1. The quantitative estimate of drug-likeness (QED) is 0.817. The molecule has 1 fully saturated rings. The molecule has 0 atom stereocenters. The van der Waals surface area contributed by atoms with Crippen molar-refractivity contribution in [2.45, 2.75) is 30.6 Å². The Morgan fingerprint density at radius 3 is 2.40 bits per heavy atom. The van der Waals surface area contributed by atoms with Crippen LogP contribution in [-0.4, -0.2) is 23.1 Å². The van der Waals surface area contributed by atoms with Crippen molar-refractivity contribution in [3.63, 3.8) is 0 Å². The summed E-state index contributed by atoms with van der Waals surface area (Å²) in [5.41, 5.74) is 0.916. The van der Waals surface area contributed by atoms with E-state index in [4.69, 9.17) is 5.14 Å². The van der Waals surface area contributed by atoms with Gasteiger partial charge >= 0.3 is 0 Å². The van der Waals surface area contributed by atoms with E-state index in [1.165, 1.54) is 25.0 Å². The van der Waals surface area contributed by atoms with Crippen molar-refractivity contribution < 1.29 is 16.8 Å². The van der Waals surface area contributed by atoms with Crippen LogP contribution >= 0.6 is 0 Å². The predicted molar refractivity (Wildman–Crippen MR) is 77.3 cm³/mol. The Hall–Kier alpha value is -1.12. The first-order chi connectivity index (χ1) is 9.15.